The average Bonchev–Trinajstić information content (AvgIpc) is 3.32. The van der Waals surface area contributed by atoms with Crippen LogP contribution < -0.4 is 10.0 Å². The SMILES string of the molecule is CS(=O)(=O)Nc1cccc(CNC(=O)c2ccc(-c3c[nH]c4ncccc34)s2)c1. The number of anilines is 1. The van der Waals surface area contributed by atoms with Crippen LogP contribution in [0.25, 0.3) is 21.5 Å². The number of H-pyrrole nitrogens is 1. The lowest BCUT2D eigenvalue weighted by Gasteiger charge is -2.07. The van der Waals surface area contributed by atoms with Crippen molar-refractivity contribution in [1.82, 2.24) is 15.3 Å². The van der Waals surface area contributed by atoms with Crippen LogP contribution in [0.4, 0.5) is 5.69 Å². The highest BCUT2D eigenvalue weighted by Gasteiger charge is 2.13. The third-order valence-corrected chi connectivity index (χ3v) is 5.95. The van der Waals surface area contributed by atoms with Crippen molar-refractivity contribution in [1.29, 1.82) is 0 Å². The van der Waals surface area contributed by atoms with E-state index in [-0.39, 0.29) is 5.91 Å². The first-order valence-electron chi connectivity index (χ1n) is 8.76. The van der Waals surface area contributed by atoms with E-state index in [0.717, 1.165) is 33.3 Å². The molecule has 0 unspecified atom stereocenters. The number of aromatic amines is 1. The molecule has 9 heteroatoms. The molecule has 0 saturated carbocycles. The van der Waals surface area contributed by atoms with Crippen molar-refractivity contribution in [2.45, 2.75) is 6.54 Å². The molecule has 0 saturated heterocycles. The van der Waals surface area contributed by atoms with Gasteiger partial charge in [-0.25, -0.2) is 13.4 Å². The van der Waals surface area contributed by atoms with Crippen molar-refractivity contribution in [2.24, 2.45) is 0 Å². The number of aromatic nitrogens is 2. The van der Waals surface area contributed by atoms with Gasteiger partial charge in [0.05, 0.1) is 11.1 Å². The number of thiophene rings is 1. The van der Waals surface area contributed by atoms with Crippen molar-refractivity contribution < 1.29 is 13.2 Å². The summed E-state index contributed by atoms with van der Waals surface area (Å²) in [5.74, 6) is -0.180. The van der Waals surface area contributed by atoms with Crippen molar-refractivity contribution in [2.75, 3.05) is 11.0 Å². The second-order valence-electron chi connectivity index (χ2n) is 6.52. The molecule has 4 rings (SSSR count). The smallest absolute Gasteiger partial charge is 0.261 e. The van der Waals surface area contributed by atoms with Crippen LogP contribution in [0.5, 0.6) is 0 Å². The maximum Gasteiger partial charge on any atom is 0.261 e. The standard InChI is InChI=1S/C20H18N4O3S2/c1-29(26,27)24-14-5-2-4-13(10-14)11-23-20(25)18-8-7-17(28-18)16-12-22-19-15(16)6-3-9-21-19/h2-10,12,24H,11H2,1H3,(H,21,22)(H,23,25). The molecule has 148 valence electrons. The van der Waals surface area contributed by atoms with Crippen molar-refractivity contribution in [3.05, 3.63) is 71.4 Å². The van der Waals surface area contributed by atoms with Crippen LogP contribution in [0.2, 0.25) is 0 Å². The Labute approximate surface area is 171 Å². The maximum atomic E-state index is 12.5. The van der Waals surface area contributed by atoms with Gasteiger partial charge in [0.1, 0.15) is 5.65 Å². The molecule has 0 radical (unpaired) electrons. The summed E-state index contributed by atoms with van der Waals surface area (Å²) in [6.07, 6.45) is 4.72. The van der Waals surface area contributed by atoms with Gasteiger partial charge in [-0.15, -0.1) is 11.3 Å². The zero-order chi connectivity index (χ0) is 20.4. The van der Waals surface area contributed by atoms with Gasteiger partial charge in [-0.1, -0.05) is 12.1 Å². The zero-order valence-corrected chi connectivity index (χ0v) is 17.1. The summed E-state index contributed by atoms with van der Waals surface area (Å²) in [5.41, 5.74) is 3.08. The quantitative estimate of drug-likeness (QED) is 0.438. The van der Waals surface area contributed by atoms with Gasteiger partial charge in [0.25, 0.3) is 5.91 Å². The Hall–Kier alpha value is -3.17. The van der Waals surface area contributed by atoms with E-state index in [1.54, 1.807) is 30.5 Å². The molecule has 0 bridgehead atoms. The topological polar surface area (TPSA) is 104 Å². The van der Waals surface area contributed by atoms with Crippen LogP contribution in [0.3, 0.4) is 0 Å². The number of hydrogen-bond acceptors (Lipinski definition) is 5. The number of rotatable bonds is 6. The van der Waals surface area contributed by atoms with E-state index < -0.39 is 10.0 Å². The summed E-state index contributed by atoms with van der Waals surface area (Å²) >= 11 is 1.41. The second kappa shape index (κ2) is 7.69. The molecular weight excluding hydrogens is 408 g/mol. The molecule has 0 atom stereocenters. The van der Waals surface area contributed by atoms with E-state index in [4.69, 9.17) is 0 Å². The second-order valence-corrected chi connectivity index (χ2v) is 9.36. The molecule has 4 aromatic rings. The summed E-state index contributed by atoms with van der Waals surface area (Å²) in [6, 6.07) is 14.5. The van der Waals surface area contributed by atoms with E-state index in [1.807, 2.05) is 30.5 Å². The van der Waals surface area contributed by atoms with Crippen LogP contribution in [-0.4, -0.2) is 30.5 Å². The van der Waals surface area contributed by atoms with Crippen LogP contribution in [-0.2, 0) is 16.6 Å². The normalized spacial score (nSPS) is 11.5. The van der Waals surface area contributed by atoms with E-state index in [1.165, 1.54) is 11.3 Å². The molecule has 0 aliphatic rings. The first-order valence-corrected chi connectivity index (χ1v) is 11.5. The van der Waals surface area contributed by atoms with Gasteiger partial charge in [-0.3, -0.25) is 9.52 Å². The molecule has 1 amide bonds. The van der Waals surface area contributed by atoms with Gasteiger partial charge < -0.3 is 10.3 Å². The number of nitrogens with one attached hydrogen (secondary N) is 3. The summed E-state index contributed by atoms with van der Waals surface area (Å²) in [6.45, 7) is 0.294. The van der Waals surface area contributed by atoms with Gasteiger partial charge >= 0.3 is 0 Å². The molecular formula is C20H18N4O3S2. The number of pyridine rings is 1. The summed E-state index contributed by atoms with van der Waals surface area (Å²) in [7, 11) is -3.35. The van der Waals surface area contributed by atoms with E-state index >= 15 is 0 Å². The number of sulfonamides is 1. The molecule has 0 fully saturated rings. The highest BCUT2D eigenvalue weighted by atomic mass is 32.2. The minimum atomic E-state index is -3.35. The first-order chi connectivity index (χ1) is 13.9. The van der Waals surface area contributed by atoms with Gasteiger partial charge in [0.15, 0.2) is 0 Å². The van der Waals surface area contributed by atoms with Gasteiger partial charge in [0, 0.05) is 40.5 Å². The maximum absolute atomic E-state index is 12.5. The lowest BCUT2D eigenvalue weighted by molar-refractivity contribution is 0.0955. The number of benzene rings is 1. The van der Waals surface area contributed by atoms with E-state index in [0.29, 0.717) is 17.1 Å². The predicted octanol–water partition coefficient (Wildman–Crippen LogP) is 3.59. The molecule has 3 heterocycles. The Morgan fingerprint density at radius 2 is 2.03 bits per heavy atom. The third kappa shape index (κ3) is 4.47. The molecule has 0 aliphatic carbocycles. The molecule has 3 N–H and O–H groups in total. The Bertz CT molecular complexity index is 1290. The largest absolute Gasteiger partial charge is 0.347 e. The first kappa shape index (κ1) is 19.2. The van der Waals surface area contributed by atoms with Crippen LogP contribution >= 0.6 is 11.3 Å². The Morgan fingerprint density at radius 3 is 2.86 bits per heavy atom. The van der Waals surface area contributed by atoms with Crippen LogP contribution in [0, 0.1) is 0 Å². The monoisotopic (exact) mass is 426 g/mol. The van der Waals surface area contributed by atoms with Gasteiger partial charge in [0.2, 0.25) is 10.0 Å². The number of fused-ring (bicyclic) bond motifs is 1. The van der Waals surface area contributed by atoms with Crippen molar-refractivity contribution >= 4 is 44.0 Å². The molecule has 3 aromatic heterocycles. The lowest BCUT2D eigenvalue weighted by Crippen LogP contribution is -2.21. The molecule has 7 nitrogen and oxygen atoms in total. The van der Waals surface area contributed by atoms with E-state index in [2.05, 4.69) is 20.0 Å². The number of carbonyl (C=O) groups is 1. The van der Waals surface area contributed by atoms with Crippen molar-refractivity contribution in [3.63, 3.8) is 0 Å². The predicted molar refractivity (Wildman–Crippen MR) is 115 cm³/mol. The minimum absolute atomic E-state index is 0.180. The Kier molecular flexibility index (Phi) is 5.08. The van der Waals surface area contributed by atoms with E-state index in [9.17, 15) is 13.2 Å². The van der Waals surface area contributed by atoms with Crippen LogP contribution in [0.1, 0.15) is 15.2 Å². The van der Waals surface area contributed by atoms with Gasteiger partial charge in [-0.05, 0) is 42.0 Å². The summed E-state index contributed by atoms with van der Waals surface area (Å²) in [5, 5.41) is 3.89. The fourth-order valence-corrected chi connectivity index (χ4v) is 4.50. The number of hydrogen-bond donors (Lipinski definition) is 3. The Balaban J connectivity index is 1.46. The molecule has 29 heavy (non-hydrogen) atoms. The fraction of sp³-hybridized carbons (Fsp3) is 0.100. The zero-order valence-electron chi connectivity index (χ0n) is 15.5. The molecule has 1 aromatic carbocycles. The number of amides is 1. The summed E-state index contributed by atoms with van der Waals surface area (Å²) in [4.78, 5) is 21.6. The highest BCUT2D eigenvalue weighted by Crippen LogP contribution is 2.33. The lowest BCUT2D eigenvalue weighted by atomic mass is 10.2. The minimum Gasteiger partial charge on any atom is -0.347 e. The number of nitrogens with zero attached hydrogens (tertiary/aromatic N) is 1. The highest BCUT2D eigenvalue weighted by molar-refractivity contribution is 7.92. The van der Waals surface area contributed by atoms with Crippen molar-refractivity contribution in [3.8, 4) is 10.4 Å². The molecule has 0 spiro atoms. The van der Waals surface area contributed by atoms with Crippen LogP contribution in [0.15, 0.2) is 60.9 Å². The third-order valence-electron chi connectivity index (χ3n) is 4.23. The number of carbonyl (C=O) groups excluding carboxylic acids is 1. The average molecular weight is 427 g/mol. The molecule has 0 aliphatic heterocycles. The Morgan fingerprint density at radius 1 is 1.17 bits per heavy atom. The fourth-order valence-electron chi connectivity index (χ4n) is 2.99. The van der Waals surface area contributed by atoms with Gasteiger partial charge in [-0.2, -0.15) is 0 Å². The summed E-state index contributed by atoms with van der Waals surface area (Å²) < 4.78 is 25.1.